The van der Waals surface area contributed by atoms with Gasteiger partial charge in [-0.25, -0.2) is 0 Å². The number of hydrogen-bond donors (Lipinski definition) is 1. The van der Waals surface area contributed by atoms with Crippen LogP contribution in [0.25, 0.3) is 0 Å². The first-order chi connectivity index (χ1) is 6.17. The van der Waals surface area contributed by atoms with Crippen LogP contribution in [-0.4, -0.2) is 16.2 Å². The lowest BCUT2D eigenvalue weighted by Crippen LogP contribution is -2.23. The lowest BCUT2D eigenvalue weighted by atomic mass is 9.90. The van der Waals surface area contributed by atoms with Gasteiger partial charge in [0.05, 0.1) is 6.10 Å². The van der Waals surface area contributed by atoms with Crippen molar-refractivity contribution >= 4 is 0 Å². The van der Waals surface area contributed by atoms with Crippen molar-refractivity contribution in [3.63, 3.8) is 0 Å². The van der Waals surface area contributed by atoms with E-state index >= 15 is 0 Å². The Morgan fingerprint density at radius 2 is 2.23 bits per heavy atom. The SMILES string of the molecule is Cc1ncccc1C1(C(C)O)CC1. The average Bonchev–Trinajstić information content (AvgIpc) is 2.85. The molecule has 0 spiro atoms. The third-order valence-corrected chi connectivity index (χ3v) is 3.13. The van der Waals surface area contributed by atoms with Crippen molar-refractivity contribution in [3.8, 4) is 0 Å². The van der Waals surface area contributed by atoms with Crippen LogP contribution < -0.4 is 0 Å². The molecule has 1 fully saturated rings. The van der Waals surface area contributed by atoms with E-state index in [1.54, 1.807) is 6.20 Å². The van der Waals surface area contributed by atoms with Gasteiger partial charge in [-0.2, -0.15) is 0 Å². The normalized spacial score (nSPS) is 21.2. The Hall–Kier alpha value is -0.890. The van der Waals surface area contributed by atoms with E-state index in [0.29, 0.717) is 0 Å². The Kier molecular flexibility index (Phi) is 1.88. The van der Waals surface area contributed by atoms with Crippen molar-refractivity contribution in [2.45, 2.75) is 38.2 Å². The highest BCUT2D eigenvalue weighted by molar-refractivity contribution is 5.35. The minimum absolute atomic E-state index is 0.0261. The van der Waals surface area contributed by atoms with E-state index < -0.39 is 0 Å². The number of aliphatic hydroxyl groups excluding tert-OH is 1. The van der Waals surface area contributed by atoms with Crippen LogP contribution in [0.1, 0.15) is 31.0 Å². The fourth-order valence-electron chi connectivity index (χ4n) is 2.06. The summed E-state index contributed by atoms with van der Waals surface area (Å²) in [5, 5.41) is 9.69. The molecule has 1 aromatic rings. The molecule has 0 amide bonds. The molecule has 0 aliphatic heterocycles. The van der Waals surface area contributed by atoms with Crippen molar-refractivity contribution in [1.82, 2.24) is 4.98 Å². The topological polar surface area (TPSA) is 33.1 Å². The van der Waals surface area contributed by atoms with Crippen molar-refractivity contribution in [2.75, 3.05) is 0 Å². The largest absolute Gasteiger partial charge is 0.392 e. The van der Waals surface area contributed by atoms with Crippen LogP contribution in [0.4, 0.5) is 0 Å². The summed E-state index contributed by atoms with van der Waals surface area (Å²) in [5.74, 6) is 0. The maximum Gasteiger partial charge on any atom is 0.0609 e. The highest BCUT2D eigenvalue weighted by atomic mass is 16.3. The molecule has 1 atom stereocenters. The molecule has 1 aromatic heterocycles. The number of aryl methyl sites for hydroxylation is 1. The fraction of sp³-hybridized carbons (Fsp3) is 0.545. The molecule has 0 bridgehead atoms. The number of aromatic nitrogens is 1. The van der Waals surface area contributed by atoms with Crippen LogP contribution in [-0.2, 0) is 5.41 Å². The van der Waals surface area contributed by atoms with Gasteiger partial charge in [0.1, 0.15) is 0 Å². The highest BCUT2D eigenvalue weighted by Gasteiger charge is 2.49. The highest BCUT2D eigenvalue weighted by Crippen LogP contribution is 2.51. The van der Waals surface area contributed by atoms with E-state index in [1.807, 2.05) is 19.9 Å². The Morgan fingerprint density at radius 3 is 2.69 bits per heavy atom. The summed E-state index contributed by atoms with van der Waals surface area (Å²) in [5.41, 5.74) is 2.31. The van der Waals surface area contributed by atoms with E-state index in [-0.39, 0.29) is 11.5 Å². The Bertz CT molecular complexity index is 316. The minimum atomic E-state index is -0.254. The summed E-state index contributed by atoms with van der Waals surface area (Å²) >= 11 is 0. The Morgan fingerprint density at radius 1 is 1.54 bits per heavy atom. The van der Waals surface area contributed by atoms with Gasteiger partial charge in [0.2, 0.25) is 0 Å². The molecule has 70 valence electrons. The molecular formula is C11H15NO. The zero-order valence-electron chi connectivity index (χ0n) is 8.12. The second kappa shape index (κ2) is 2.81. The zero-order valence-corrected chi connectivity index (χ0v) is 8.12. The van der Waals surface area contributed by atoms with Gasteiger partial charge in [0.25, 0.3) is 0 Å². The van der Waals surface area contributed by atoms with Gasteiger partial charge in [-0.15, -0.1) is 0 Å². The summed E-state index contributed by atoms with van der Waals surface area (Å²) in [6.45, 7) is 3.89. The summed E-state index contributed by atoms with van der Waals surface area (Å²) in [4.78, 5) is 4.26. The van der Waals surface area contributed by atoms with E-state index in [1.165, 1.54) is 5.56 Å². The van der Waals surface area contributed by atoms with Crippen LogP contribution in [0.15, 0.2) is 18.3 Å². The predicted molar refractivity (Wildman–Crippen MR) is 51.6 cm³/mol. The van der Waals surface area contributed by atoms with E-state index in [9.17, 15) is 5.11 Å². The Balaban J connectivity index is 2.41. The van der Waals surface area contributed by atoms with Gasteiger partial charge < -0.3 is 5.11 Å². The van der Waals surface area contributed by atoms with Crippen LogP contribution in [0.2, 0.25) is 0 Å². The molecular weight excluding hydrogens is 162 g/mol. The quantitative estimate of drug-likeness (QED) is 0.747. The molecule has 1 aliphatic rings. The first-order valence-corrected chi connectivity index (χ1v) is 4.77. The molecule has 2 heteroatoms. The monoisotopic (exact) mass is 177 g/mol. The van der Waals surface area contributed by atoms with Gasteiger partial charge in [0, 0.05) is 17.3 Å². The smallest absolute Gasteiger partial charge is 0.0609 e. The van der Waals surface area contributed by atoms with Crippen LogP contribution >= 0.6 is 0 Å². The number of aliphatic hydroxyl groups is 1. The van der Waals surface area contributed by atoms with Crippen LogP contribution in [0.5, 0.6) is 0 Å². The van der Waals surface area contributed by atoms with Gasteiger partial charge in [-0.3, -0.25) is 4.98 Å². The second-order valence-electron chi connectivity index (χ2n) is 3.97. The van der Waals surface area contributed by atoms with Crippen molar-refractivity contribution in [2.24, 2.45) is 0 Å². The van der Waals surface area contributed by atoms with Crippen molar-refractivity contribution in [1.29, 1.82) is 0 Å². The first-order valence-electron chi connectivity index (χ1n) is 4.77. The average molecular weight is 177 g/mol. The summed E-state index contributed by atoms with van der Waals surface area (Å²) < 4.78 is 0. The number of pyridine rings is 1. The standard InChI is InChI=1S/C11H15NO/c1-8-10(4-3-7-12-8)11(5-6-11)9(2)13/h3-4,7,9,13H,5-6H2,1-2H3. The van der Waals surface area contributed by atoms with Crippen LogP contribution in [0.3, 0.4) is 0 Å². The van der Waals surface area contributed by atoms with E-state index in [4.69, 9.17) is 0 Å². The number of hydrogen-bond acceptors (Lipinski definition) is 2. The summed E-state index contributed by atoms with van der Waals surface area (Å²) in [6.07, 6.45) is 3.74. The summed E-state index contributed by atoms with van der Waals surface area (Å²) in [7, 11) is 0. The maximum atomic E-state index is 9.69. The third kappa shape index (κ3) is 1.25. The van der Waals surface area contributed by atoms with Gasteiger partial charge in [-0.05, 0) is 38.3 Å². The Labute approximate surface area is 78.6 Å². The van der Waals surface area contributed by atoms with E-state index in [0.717, 1.165) is 18.5 Å². The second-order valence-corrected chi connectivity index (χ2v) is 3.97. The lowest BCUT2D eigenvalue weighted by Gasteiger charge is -2.20. The molecule has 13 heavy (non-hydrogen) atoms. The first kappa shape index (κ1) is 8.70. The maximum absolute atomic E-state index is 9.69. The molecule has 2 nitrogen and oxygen atoms in total. The number of nitrogens with zero attached hydrogens (tertiary/aromatic N) is 1. The molecule has 2 rings (SSSR count). The molecule has 0 radical (unpaired) electrons. The molecule has 0 saturated heterocycles. The summed E-state index contributed by atoms with van der Waals surface area (Å²) in [6, 6.07) is 4.03. The molecule has 1 heterocycles. The van der Waals surface area contributed by atoms with Gasteiger partial charge in [0.15, 0.2) is 0 Å². The van der Waals surface area contributed by atoms with Gasteiger partial charge in [-0.1, -0.05) is 6.07 Å². The van der Waals surface area contributed by atoms with Crippen molar-refractivity contribution in [3.05, 3.63) is 29.6 Å². The number of rotatable bonds is 2. The molecule has 1 aliphatic carbocycles. The molecule has 1 unspecified atom stereocenters. The van der Waals surface area contributed by atoms with Gasteiger partial charge >= 0.3 is 0 Å². The molecule has 1 saturated carbocycles. The predicted octanol–water partition coefficient (Wildman–Crippen LogP) is 1.80. The fourth-order valence-corrected chi connectivity index (χ4v) is 2.06. The molecule has 1 N–H and O–H groups in total. The zero-order chi connectivity index (χ0) is 9.47. The third-order valence-electron chi connectivity index (χ3n) is 3.13. The van der Waals surface area contributed by atoms with E-state index in [2.05, 4.69) is 11.1 Å². The lowest BCUT2D eigenvalue weighted by molar-refractivity contribution is 0.150. The van der Waals surface area contributed by atoms with Crippen LogP contribution in [0, 0.1) is 6.92 Å². The minimum Gasteiger partial charge on any atom is -0.392 e. The molecule has 0 aromatic carbocycles. The van der Waals surface area contributed by atoms with Crippen molar-refractivity contribution < 1.29 is 5.11 Å².